The third-order valence-electron chi connectivity index (χ3n) is 2.09. The van der Waals surface area contributed by atoms with Crippen LogP contribution in [0, 0.1) is 6.92 Å². The Kier molecular flexibility index (Phi) is 2.14. The smallest absolute Gasteiger partial charge is 0.0740 e. The molecule has 0 saturated carbocycles. The molecular formula is C11H11N3. The Hall–Kier alpha value is -1.90. The van der Waals surface area contributed by atoms with Gasteiger partial charge in [0.15, 0.2) is 0 Å². The van der Waals surface area contributed by atoms with Gasteiger partial charge in [0.25, 0.3) is 0 Å². The van der Waals surface area contributed by atoms with Crippen molar-refractivity contribution in [2.45, 2.75) is 6.92 Å². The number of nitrogens with zero attached hydrogens (tertiary/aromatic N) is 2. The summed E-state index contributed by atoms with van der Waals surface area (Å²) < 4.78 is 0. The van der Waals surface area contributed by atoms with E-state index >= 15 is 0 Å². The highest BCUT2D eigenvalue weighted by Gasteiger charge is 2.06. The summed E-state index contributed by atoms with van der Waals surface area (Å²) in [7, 11) is 0. The molecule has 0 aliphatic carbocycles. The van der Waals surface area contributed by atoms with Crippen molar-refractivity contribution < 1.29 is 0 Å². The predicted molar refractivity (Wildman–Crippen MR) is 56.6 cm³/mol. The average molecular weight is 185 g/mol. The fourth-order valence-electron chi connectivity index (χ4n) is 1.43. The minimum absolute atomic E-state index is 0.719. The topological polar surface area (TPSA) is 51.8 Å². The van der Waals surface area contributed by atoms with Gasteiger partial charge >= 0.3 is 0 Å². The van der Waals surface area contributed by atoms with Crippen molar-refractivity contribution >= 4 is 5.69 Å². The quantitative estimate of drug-likeness (QED) is 0.739. The van der Waals surface area contributed by atoms with E-state index in [1.165, 1.54) is 0 Å². The lowest BCUT2D eigenvalue weighted by Crippen LogP contribution is -1.96. The molecule has 2 N–H and O–H groups in total. The van der Waals surface area contributed by atoms with E-state index in [2.05, 4.69) is 9.97 Å². The number of hydrogen-bond donors (Lipinski definition) is 1. The molecule has 0 bridgehead atoms. The first-order chi connectivity index (χ1) is 6.79. The summed E-state index contributed by atoms with van der Waals surface area (Å²) in [6, 6.07) is 7.54. The highest BCUT2D eigenvalue weighted by Crippen LogP contribution is 2.25. The molecule has 0 spiro atoms. The standard InChI is InChI=1S/C11H11N3/c1-8-11(9(12)5-7-13-8)10-4-2-3-6-14-10/h2-7H,1H3,(H2,12,13). The number of hydrogen-bond acceptors (Lipinski definition) is 3. The minimum Gasteiger partial charge on any atom is -0.398 e. The summed E-state index contributed by atoms with van der Waals surface area (Å²) in [5.74, 6) is 0. The lowest BCUT2D eigenvalue weighted by Gasteiger charge is -2.06. The number of aromatic nitrogens is 2. The van der Waals surface area contributed by atoms with Crippen LogP contribution in [0.1, 0.15) is 5.69 Å². The molecule has 0 atom stereocenters. The van der Waals surface area contributed by atoms with Gasteiger partial charge in [-0.2, -0.15) is 0 Å². The third kappa shape index (κ3) is 1.44. The summed E-state index contributed by atoms with van der Waals surface area (Å²) in [5, 5.41) is 0. The fraction of sp³-hybridized carbons (Fsp3) is 0.0909. The van der Waals surface area contributed by atoms with E-state index < -0.39 is 0 Å². The highest BCUT2D eigenvalue weighted by molar-refractivity contribution is 5.75. The summed E-state index contributed by atoms with van der Waals surface area (Å²) >= 11 is 0. The van der Waals surface area contributed by atoms with Crippen LogP contribution < -0.4 is 5.73 Å². The Labute approximate surface area is 82.6 Å². The number of nitrogens with two attached hydrogens (primary N) is 1. The van der Waals surface area contributed by atoms with E-state index in [9.17, 15) is 0 Å². The van der Waals surface area contributed by atoms with Crippen LogP contribution in [0.15, 0.2) is 36.7 Å². The number of aryl methyl sites for hydroxylation is 1. The normalized spacial score (nSPS) is 10.1. The molecule has 2 aromatic heterocycles. The molecule has 0 fully saturated rings. The average Bonchev–Trinajstić information content (AvgIpc) is 2.19. The molecule has 2 rings (SSSR count). The molecule has 0 saturated heterocycles. The highest BCUT2D eigenvalue weighted by atomic mass is 14.7. The summed E-state index contributed by atoms with van der Waals surface area (Å²) in [6.45, 7) is 1.93. The van der Waals surface area contributed by atoms with Gasteiger partial charge in [-0.1, -0.05) is 6.07 Å². The fourth-order valence-corrected chi connectivity index (χ4v) is 1.43. The molecule has 3 heteroatoms. The van der Waals surface area contributed by atoms with Gasteiger partial charge in [-0.25, -0.2) is 0 Å². The Balaban J connectivity index is 2.63. The molecule has 0 radical (unpaired) electrons. The zero-order valence-corrected chi connectivity index (χ0v) is 7.94. The van der Waals surface area contributed by atoms with E-state index in [4.69, 9.17) is 5.73 Å². The maximum atomic E-state index is 5.87. The van der Waals surface area contributed by atoms with Crippen LogP contribution in [0.25, 0.3) is 11.3 Å². The van der Waals surface area contributed by atoms with E-state index in [0.29, 0.717) is 0 Å². The summed E-state index contributed by atoms with van der Waals surface area (Å²) in [4.78, 5) is 8.45. The lowest BCUT2D eigenvalue weighted by atomic mass is 10.1. The molecule has 0 aliphatic rings. The molecule has 0 aromatic carbocycles. The van der Waals surface area contributed by atoms with Crippen molar-refractivity contribution in [2.75, 3.05) is 5.73 Å². The van der Waals surface area contributed by atoms with E-state index in [-0.39, 0.29) is 0 Å². The SMILES string of the molecule is Cc1nccc(N)c1-c1ccccn1. The van der Waals surface area contributed by atoms with Gasteiger partial charge in [0.1, 0.15) is 0 Å². The van der Waals surface area contributed by atoms with Gasteiger partial charge in [-0.3, -0.25) is 9.97 Å². The first-order valence-electron chi connectivity index (χ1n) is 4.41. The molecule has 0 unspecified atom stereocenters. The van der Waals surface area contributed by atoms with Crippen molar-refractivity contribution in [3.63, 3.8) is 0 Å². The van der Waals surface area contributed by atoms with Crippen LogP contribution in [-0.2, 0) is 0 Å². The van der Waals surface area contributed by atoms with Crippen LogP contribution in [0.2, 0.25) is 0 Å². The van der Waals surface area contributed by atoms with E-state index in [0.717, 1.165) is 22.6 Å². The van der Waals surface area contributed by atoms with Crippen molar-refractivity contribution in [2.24, 2.45) is 0 Å². The third-order valence-corrected chi connectivity index (χ3v) is 2.09. The zero-order valence-electron chi connectivity index (χ0n) is 7.94. The molecule has 14 heavy (non-hydrogen) atoms. The van der Waals surface area contributed by atoms with Crippen LogP contribution >= 0.6 is 0 Å². The van der Waals surface area contributed by atoms with Gasteiger partial charge < -0.3 is 5.73 Å². The molecular weight excluding hydrogens is 174 g/mol. The largest absolute Gasteiger partial charge is 0.398 e. The second kappa shape index (κ2) is 3.46. The first kappa shape index (κ1) is 8.69. The minimum atomic E-state index is 0.719. The Morgan fingerprint density at radius 2 is 1.93 bits per heavy atom. The van der Waals surface area contributed by atoms with E-state index in [1.807, 2.05) is 25.1 Å². The predicted octanol–water partition coefficient (Wildman–Crippen LogP) is 2.03. The van der Waals surface area contributed by atoms with Gasteiger partial charge in [-0.05, 0) is 25.1 Å². The number of nitrogen functional groups attached to an aromatic ring is 1. The maximum Gasteiger partial charge on any atom is 0.0740 e. The number of rotatable bonds is 1. The maximum absolute atomic E-state index is 5.87. The first-order valence-corrected chi connectivity index (χ1v) is 4.41. The molecule has 2 aromatic rings. The molecule has 0 aliphatic heterocycles. The van der Waals surface area contributed by atoms with Crippen LogP contribution in [0.5, 0.6) is 0 Å². The van der Waals surface area contributed by atoms with E-state index in [1.54, 1.807) is 18.5 Å². The Morgan fingerprint density at radius 1 is 1.07 bits per heavy atom. The Morgan fingerprint density at radius 3 is 2.57 bits per heavy atom. The van der Waals surface area contributed by atoms with Crippen LogP contribution in [0.3, 0.4) is 0 Å². The van der Waals surface area contributed by atoms with Crippen molar-refractivity contribution in [3.8, 4) is 11.3 Å². The monoisotopic (exact) mass is 185 g/mol. The van der Waals surface area contributed by atoms with Gasteiger partial charge in [-0.15, -0.1) is 0 Å². The lowest BCUT2D eigenvalue weighted by molar-refractivity contribution is 1.19. The second-order valence-corrected chi connectivity index (χ2v) is 3.08. The van der Waals surface area contributed by atoms with Crippen molar-refractivity contribution in [1.29, 1.82) is 0 Å². The molecule has 2 heterocycles. The molecule has 3 nitrogen and oxygen atoms in total. The van der Waals surface area contributed by atoms with Crippen molar-refractivity contribution in [1.82, 2.24) is 9.97 Å². The van der Waals surface area contributed by atoms with Gasteiger partial charge in [0.2, 0.25) is 0 Å². The van der Waals surface area contributed by atoms with Gasteiger partial charge in [0, 0.05) is 29.3 Å². The summed E-state index contributed by atoms with van der Waals surface area (Å²) in [5.41, 5.74) is 9.29. The van der Waals surface area contributed by atoms with Crippen LogP contribution in [-0.4, -0.2) is 9.97 Å². The van der Waals surface area contributed by atoms with Crippen LogP contribution in [0.4, 0.5) is 5.69 Å². The zero-order chi connectivity index (χ0) is 9.97. The molecule has 70 valence electrons. The molecule has 0 amide bonds. The summed E-state index contributed by atoms with van der Waals surface area (Å²) in [6.07, 6.45) is 3.46. The number of pyridine rings is 2. The number of anilines is 1. The van der Waals surface area contributed by atoms with Gasteiger partial charge in [0.05, 0.1) is 5.69 Å². The second-order valence-electron chi connectivity index (χ2n) is 3.08. The Bertz CT molecular complexity index is 417. The van der Waals surface area contributed by atoms with Crippen molar-refractivity contribution in [3.05, 3.63) is 42.4 Å².